The molecule has 21 heavy (non-hydrogen) atoms. The van der Waals surface area contributed by atoms with Gasteiger partial charge in [-0.3, -0.25) is 9.69 Å². The number of aryl methyl sites for hydroxylation is 2. The SMILES string of the molecule is CCCC(C#N)N1CCN(C(=O)c2cc(C)c(C)s2)CC1. The minimum atomic E-state index is -0.00141. The molecule has 2 rings (SSSR count). The van der Waals surface area contributed by atoms with E-state index in [0.29, 0.717) is 0 Å². The van der Waals surface area contributed by atoms with Crippen LogP contribution in [0.15, 0.2) is 6.07 Å². The standard InChI is InChI=1S/C16H23N3OS/c1-4-5-14(11-17)18-6-8-19(9-7-18)16(20)15-10-12(2)13(3)21-15/h10,14H,4-9H2,1-3H3. The van der Waals surface area contributed by atoms with E-state index in [2.05, 4.69) is 24.8 Å². The molecule has 1 fully saturated rings. The lowest BCUT2D eigenvalue weighted by Crippen LogP contribution is -2.51. The topological polar surface area (TPSA) is 47.3 Å². The average molecular weight is 305 g/mol. The number of hydrogen-bond acceptors (Lipinski definition) is 4. The van der Waals surface area contributed by atoms with Crippen LogP contribution in [0.3, 0.4) is 0 Å². The van der Waals surface area contributed by atoms with Gasteiger partial charge in [0.15, 0.2) is 0 Å². The van der Waals surface area contributed by atoms with Crippen molar-refractivity contribution in [3.63, 3.8) is 0 Å². The third-order valence-corrected chi connectivity index (χ3v) is 5.27. The maximum Gasteiger partial charge on any atom is 0.264 e. The van der Waals surface area contributed by atoms with Gasteiger partial charge in [0.25, 0.3) is 5.91 Å². The highest BCUT2D eigenvalue weighted by Gasteiger charge is 2.26. The van der Waals surface area contributed by atoms with Gasteiger partial charge in [-0.05, 0) is 31.9 Å². The lowest BCUT2D eigenvalue weighted by molar-refractivity contribution is 0.0606. The van der Waals surface area contributed by atoms with Gasteiger partial charge >= 0.3 is 0 Å². The second kappa shape index (κ2) is 7.06. The number of thiophene rings is 1. The van der Waals surface area contributed by atoms with Crippen LogP contribution < -0.4 is 0 Å². The van der Waals surface area contributed by atoms with E-state index in [0.717, 1.165) is 43.9 Å². The molecule has 4 nitrogen and oxygen atoms in total. The Hall–Kier alpha value is -1.38. The summed E-state index contributed by atoms with van der Waals surface area (Å²) in [5.74, 6) is 0.139. The summed E-state index contributed by atoms with van der Waals surface area (Å²) in [4.78, 5) is 18.7. The number of carbonyl (C=O) groups is 1. The molecule has 1 aromatic rings. The van der Waals surface area contributed by atoms with Gasteiger partial charge in [0.2, 0.25) is 0 Å². The predicted octanol–water partition coefficient (Wildman–Crippen LogP) is 2.82. The Morgan fingerprint density at radius 3 is 2.52 bits per heavy atom. The van der Waals surface area contributed by atoms with Crippen LogP contribution in [-0.2, 0) is 0 Å². The van der Waals surface area contributed by atoms with Crippen LogP contribution in [-0.4, -0.2) is 47.9 Å². The lowest BCUT2D eigenvalue weighted by atomic mass is 10.1. The van der Waals surface area contributed by atoms with Crippen LogP contribution in [0.1, 0.15) is 39.9 Å². The molecule has 0 saturated carbocycles. The smallest absolute Gasteiger partial charge is 0.264 e. The summed E-state index contributed by atoms with van der Waals surface area (Å²) in [6.45, 7) is 9.24. The first-order chi connectivity index (χ1) is 10.1. The molecule has 0 aliphatic carbocycles. The fraction of sp³-hybridized carbons (Fsp3) is 0.625. The molecule has 1 aromatic heterocycles. The van der Waals surface area contributed by atoms with Crippen molar-refractivity contribution in [2.24, 2.45) is 0 Å². The molecule has 1 amide bonds. The minimum absolute atomic E-state index is 0.00141. The molecule has 0 radical (unpaired) electrons. The molecule has 0 bridgehead atoms. The quantitative estimate of drug-likeness (QED) is 0.859. The Kier molecular flexibility index (Phi) is 5.38. The van der Waals surface area contributed by atoms with Crippen molar-refractivity contribution in [1.82, 2.24) is 9.80 Å². The van der Waals surface area contributed by atoms with E-state index in [4.69, 9.17) is 0 Å². The number of carbonyl (C=O) groups excluding carboxylic acids is 1. The molecule has 114 valence electrons. The molecule has 5 heteroatoms. The third kappa shape index (κ3) is 3.63. The number of rotatable bonds is 4. The summed E-state index contributed by atoms with van der Waals surface area (Å²) in [6, 6.07) is 4.37. The van der Waals surface area contributed by atoms with E-state index >= 15 is 0 Å². The molecular formula is C16H23N3OS. The Morgan fingerprint density at radius 2 is 2.05 bits per heavy atom. The first kappa shape index (κ1) is 16.0. The van der Waals surface area contributed by atoms with E-state index in [1.807, 2.05) is 17.9 Å². The van der Waals surface area contributed by atoms with Gasteiger partial charge in [-0.2, -0.15) is 5.26 Å². The normalized spacial score (nSPS) is 17.5. The Labute approximate surface area is 131 Å². The zero-order valence-electron chi connectivity index (χ0n) is 13.1. The molecule has 0 aromatic carbocycles. The monoisotopic (exact) mass is 305 g/mol. The maximum atomic E-state index is 12.5. The van der Waals surface area contributed by atoms with E-state index in [1.54, 1.807) is 11.3 Å². The van der Waals surface area contributed by atoms with E-state index in [1.165, 1.54) is 10.4 Å². The van der Waals surface area contributed by atoms with Crippen LogP contribution in [0, 0.1) is 25.2 Å². The summed E-state index contributed by atoms with van der Waals surface area (Å²) in [6.07, 6.45) is 1.93. The summed E-state index contributed by atoms with van der Waals surface area (Å²) < 4.78 is 0. The fourth-order valence-corrected chi connectivity index (χ4v) is 3.68. The zero-order valence-corrected chi connectivity index (χ0v) is 13.9. The van der Waals surface area contributed by atoms with Gasteiger partial charge in [-0.1, -0.05) is 13.3 Å². The molecule has 1 aliphatic heterocycles. The second-order valence-corrected chi connectivity index (χ2v) is 6.87. The summed E-state index contributed by atoms with van der Waals surface area (Å²) in [7, 11) is 0. The van der Waals surface area contributed by atoms with Gasteiger partial charge in [0.05, 0.1) is 17.0 Å². The van der Waals surface area contributed by atoms with E-state index in [9.17, 15) is 10.1 Å². The van der Waals surface area contributed by atoms with Crippen molar-refractivity contribution in [2.45, 2.75) is 39.7 Å². The fourth-order valence-electron chi connectivity index (χ4n) is 2.67. The van der Waals surface area contributed by atoms with Crippen LogP contribution >= 0.6 is 11.3 Å². The van der Waals surface area contributed by atoms with Gasteiger partial charge in [0.1, 0.15) is 0 Å². The molecule has 1 aliphatic rings. The summed E-state index contributed by atoms with van der Waals surface area (Å²) in [5, 5.41) is 9.23. The number of hydrogen-bond donors (Lipinski definition) is 0. The molecular weight excluding hydrogens is 282 g/mol. The molecule has 1 atom stereocenters. The van der Waals surface area contributed by atoms with Gasteiger partial charge in [-0.25, -0.2) is 0 Å². The first-order valence-corrected chi connectivity index (χ1v) is 8.38. The van der Waals surface area contributed by atoms with Crippen LogP contribution in [0.5, 0.6) is 0 Å². The average Bonchev–Trinajstić information content (AvgIpc) is 2.84. The number of nitrogens with zero attached hydrogens (tertiary/aromatic N) is 3. The molecule has 1 unspecified atom stereocenters. The predicted molar refractivity (Wildman–Crippen MR) is 85.6 cm³/mol. The van der Waals surface area contributed by atoms with Crippen LogP contribution in [0.2, 0.25) is 0 Å². The minimum Gasteiger partial charge on any atom is -0.335 e. The largest absolute Gasteiger partial charge is 0.335 e. The van der Waals surface area contributed by atoms with Gasteiger partial charge in [0, 0.05) is 31.1 Å². The second-order valence-electron chi connectivity index (χ2n) is 5.61. The molecule has 2 heterocycles. The molecule has 0 N–H and O–H groups in total. The van der Waals surface area contributed by atoms with E-state index < -0.39 is 0 Å². The maximum absolute atomic E-state index is 12.5. The van der Waals surface area contributed by atoms with Crippen LogP contribution in [0.25, 0.3) is 0 Å². The van der Waals surface area contributed by atoms with E-state index in [-0.39, 0.29) is 11.9 Å². The Balaban J connectivity index is 1.94. The third-order valence-electron chi connectivity index (χ3n) is 4.13. The highest BCUT2D eigenvalue weighted by atomic mass is 32.1. The zero-order chi connectivity index (χ0) is 15.4. The van der Waals surface area contributed by atoms with Crippen molar-refractivity contribution >= 4 is 17.2 Å². The van der Waals surface area contributed by atoms with Crippen molar-refractivity contribution in [3.05, 3.63) is 21.4 Å². The Morgan fingerprint density at radius 1 is 1.38 bits per heavy atom. The highest BCUT2D eigenvalue weighted by Crippen LogP contribution is 2.23. The first-order valence-electron chi connectivity index (χ1n) is 7.56. The van der Waals surface area contributed by atoms with Crippen molar-refractivity contribution in [1.29, 1.82) is 5.26 Å². The number of amides is 1. The molecule has 1 saturated heterocycles. The summed E-state index contributed by atoms with van der Waals surface area (Å²) in [5.41, 5.74) is 1.19. The van der Waals surface area contributed by atoms with Crippen molar-refractivity contribution < 1.29 is 4.79 Å². The van der Waals surface area contributed by atoms with Crippen molar-refractivity contribution in [2.75, 3.05) is 26.2 Å². The Bertz CT molecular complexity index is 519. The summed E-state index contributed by atoms with van der Waals surface area (Å²) >= 11 is 1.58. The molecule has 0 spiro atoms. The van der Waals surface area contributed by atoms with Crippen molar-refractivity contribution in [3.8, 4) is 6.07 Å². The highest BCUT2D eigenvalue weighted by molar-refractivity contribution is 7.14. The number of nitriles is 1. The lowest BCUT2D eigenvalue weighted by Gasteiger charge is -2.36. The van der Waals surface area contributed by atoms with Gasteiger partial charge < -0.3 is 4.90 Å². The van der Waals surface area contributed by atoms with Gasteiger partial charge in [-0.15, -0.1) is 11.3 Å². The van der Waals surface area contributed by atoms with Crippen LogP contribution in [0.4, 0.5) is 0 Å². The number of piperazine rings is 1.